The number of carbonyl (C=O) groups excluding carboxylic acids is 1. The van der Waals surface area contributed by atoms with Crippen molar-refractivity contribution in [2.75, 3.05) is 7.11 Å². The molecule has 0 unspecified atom stereocenters. The molecule has 6 heteroatoms. The summed E-state index contributed by atoms with van der Waals surface area (Å²) in [6.07, 6.45) is 0. The van der Waals surface area contributed by atoms with Gasteiger partial charge in [-0.1, -0.05) is 41.9 Å². The Balaban J connectivity index is 1.75. The molecule has 26 heavy (non-hydrogen) atoms. The van der Waals surface area contributed by atoms with Gasteiger partial charge in [0.05, 0.1) is 23.6 Å². The number of para-hydroxylation sites is 1. The summed E-state index contributed by atoms with van der Waals surface area (Å²) >= 11 is 6.45. The van der Waals surface area contributed by atoms with E-state index in [9.17, 15) is 4.79 Å². The quantitative estimate of drug-likeness (QED) is 0.606. The van der Waals surface area contributed by atoms with Gasteiger partial charge in [0.15, 0.2) is 0 Å². The third-order valence-corrected chi connectivity index (χ3v) is 4.33. The van der Waals surface area contributed by atoms with E-state index in [4.69, 9.17) is 21.1 Å². The minimum absolute atomic E-state index is 0.0604. The summed E-state index contributed by atoms with van der Waals surface area (Å²) in [4.78, 5) is 12.3. The summed E-state index contributed by atoms with van der Waals surface area (Å²) in [6.45, 7) is 2.34. The molecule has 134 valence electrons. The zero-order valence-corrected chi connectivity index (χ0v) is 15.4. The summed E-state index contributed by atoms with van der Waals surface area (Å²) in [6, 6.07) is 16.7. The van der Waals surface area contributed by atoms with E-state index >= 15 is 0 Å². The lowest BCUT2D eigenvalue weighted by Gasteiger charge is -2.07. The van der Waals surface area contributed by atoms with Crippen LogP contribution in [0, 0.1) is 6.92 Å². The smallest absolute Gasteiger partial charge is 0.338 e. The number of nitrogens with zero attached hydrogens (tertiary/aromatic N) is 2. The van der Waals surface area contributed by atoms with Gasteiger partial charge in [0.25, 0.3) is 0 Å². The molecule has 0 aliphatic heterocycles. The second-order valence-corrected chi connectivity index (χ2v) is 6.17. The summed E-state index contributed by atoms with van der Waals surface area (Å²) in [5.41, 5.74) is 3.65. The van der Waals surface area contributed by atoms with Crippen LogP contribution in [-0.2, 0) is 22.7 Å². The van der Waals surface area contributed by atoms with Crippen molar-refractivity contribution in [2.24, 2.45) is 0 Å². The molecule has 0 N–H and O–H groups in total. The van der Waals surface area contributed by atoms with Gasteiger partial charge in [-0.25, -0.2) is 9.48 Å². The first-order valence-corrected chi connectivity index (χ1v) is 8.52. The van der Waals surface area contributed by atoms with Gasteiger partial charge < -0.3 is 9.47 Å². The Morgan fingerprint density at radius 1 is 1.12 bits per heavy atom. The molecule has 5 nitrogen and oxygen atoms in total. The van der Waals surface area contributed by atoms with Crippen LogP contribution in [0.1, 0.15) is 27.2 Å². The SMILES string of the molecule is COCc1cccc(C(=O)OCc2c(C)nn(-c3ccccc3)c2Cl)c1. The molecule has 0 aliphatic rings. The van der Waals surface area contributed by atoms with E-state index in [0.29, 0.717) is 22.9 Å². The number of rotatable bonds is 6. The largest absolute Gasteiger partial charge is 0.457 e. The molecule has 0 atom stereocenters. The van der Waals surface area contributed by atoms with Crippen LogP contribution in [0.3, 0.4) is 0 Å². The maximum Gasteiger partial charge on any atom is 0.338 e. The number of carbonyl (C=O) groups is 1. The normalized spacial score (nSPS) is 10.7. The van der Waals surface area contributed by atoms with Crippen LogP contribution in [0.4, 0.5) is 0 Å². The lowest BCUT2D eigenvalue weighted by Crippen LogP contribution is -2.06. The molecular formula is C20H19ClN2O3. The molecule has 1 heterocycles. The number of ether oxygens (including phenoxy) is 2. The predicted octanol–water partition coefficient (Wildman–Crippen LogP) is 4.34. The van der Waals surface area contributed by atoms with Gasteiger partial charge in [-0.3, -0.25) is 0 Å². The van der Waals surface area contributed by atoms with Crippen molar-refractivity contribution in [3.63, 3.8) is 0 Å². The summed E-state index contributed by atoms with van der Waals surface area (Å²) < 4.78 is 12.2. The molecule has 0 amide bonds. The average Bonchev–Trinajstić information content (AvgIpc) is 2.95. The molecule has 0 bridgehead atoms. The topological polar surface area (TPSA) is 53.4 Å². The van der Waals surface area contributed by atoms with Gasteiger partial charge in [-0.2, -0.15) is 5.10 Å². The van der Waals surface area contributed by atoms with E-state index in [1.54, 1.807) is 30.0 Å². The second kappa shape index (κ2) is 8.17. The van der Waals surface area contributed by atoms with Crippen molar-refractivity contribution in [1.82, 2.24) is 9.78 Å². The Hall–Kier alpha value is -2.63. The Bertz CT molecular complexity index is 907. The highest BCUT2D eigenvalue weighted by atomic mass is 35.5. The zero-order valence-electron chi connectivity index (χ0n) is 14.6. The highest BCUT2D eigenvalue weighted by Crippen LogP contribution is 2.24. The average molecular weight is 371 g/mol. The lowest BCUT2D eigenvalue weighted by atomic mass is 10.1. The number of esters is 1. The molecule has 0 saturated carbocycles. The standard InChI is InChI=1S/C20H19ClN2O3/c1-14-18(19(21)23(22-14)17-9-4-3-5-10-17)13-26-20(24)16-8-6-7-15(11-16)12-25-2/h3-11H,12-13H2,1-2H3. The van der Waals surface area contributed by atoms with Gasteiger partial charge in [0.2, 0.25) is 0 Å². The minimum Gasteiger partial charge on any atom is -0.457 e. The number of hydrogen-bond donors (Lipinski definition) is 0. The van der Waals surface area contributed by atoms with Crippen LogP contribution < -0.4 is 0 Å². The van der Waals surface area contributed by atoms with Gasteiger partial charge in [0.1, 0.15) is 11.8 Å². The fraction of sp³-hybridized carbons (Fsp3) is 0.200. The van der Waals surface area contributed by atoms with Crippen LogP contribution >= 0.6 is 11.6 Å². The Morgan fingerprint density at radius 2 is 1.88 bits per heavy atom. The lowest BCUT2D eigenvalue weighted by molar-refractivity contribution is 0.0472. The number of aromatic nitrogens is 2. The van der Waals surface area contributed by atoms with Crippen LogP contribution in [0.2, 0.25) is 5.15 Å². The Morgan fingerprint density at radius 3 is 2.62 bits per heavy atom. The predicted molar refractivity (Wildman–Crippen MR) is 99.6 cm³/mol. The van der Waals surface area contributed by atoms with Crippen molar-refractivity contribution in [3.05, 3.63) is 82.1 Å². The first-order valence-electron chi connectivity index (χ1n) is 8.14. The van der Waals surface area contributed by atoms with Crippen molar-refractivity contribution >= 4 is 17.6 Å². The highest BCUT2D eigenvalue weighted by molar-refractivity contribution is 6.30. The first kappa shape index (κ1) is 18.2. The van der Waals surface area contributed by atoms with Crippen LogP contribution in [-0.4, -0.2) is 22.9 Å². The summed E-state index contributed by atoms with van der Waals surface area (Å²) in [5, 5.41) is 4.89. The molecule has 0 spiro atoms. The Kier molecular flexibility index (Phi) is 5.71. The maximum absolute atomic E-state index is 12.3. The number of aryl methyl sites for hydroxylation is 1. The van der Waals surface area contributed by atoms with E-state index in [-0.39, 0.29) is 6.61 Å². The van der Waals surface area contributed by atoms with Crippen LogP contribution in [0.5, 0.6) is 0 Å². The maximum atomic E-state index is 12.3. The van der Waals surface area contributed by atoms with E-state index < -0.39 is 5.97 Å². The van der Waals surface area contributed by atoms with Gasteiger partial charge in [-0.15, -0.1) is 0 Å². The fourth-order valence-electron chi connectivity index (χ4n) is 2.61. The van der Waals surface area contributed by atoms with E-state index in [1.165, 1.54) is 0 Å². The van der Waals surface area contributed by atoms with Crippen LogP contribution in [0.15, 0.2) is 54.6 Å². The first-order chi connectivity index (χ1) is 12.6. The zero-order chi connectivity index (χ0) is 18.5. The fourth-order valence-corrected chi connectivity index (χ4v) is 2.94. The minimum atomic E-state index is -0.411. The third kappa shape index (κ3) is 3.95. The summed E-state index contributed by atoms with van der Waals surface area (Å²) in [7, 11) is 1.61. The number of benzene rings is 2. The van der Waals surface area contributed by atoms with E-state index in [1.807, 2.05) is 43.3 Å². The van der Waals surface area contributed by atoms with Gasteiger partial charge in [0, 0.05) is 12.7 Å². The molecule has 2 aromatic carbocycles. The Labute approximate surface area is 157 Å². The molecular weight excluding hydrogens is 352 g/mol. The van der Waals surface area contributed by atoms with E-state index in [2.05, 4.69) is 5.10 Å². The molecule has 3 rings (SSSR count). The number of methoxy groups -OCH3 is 1. The van der Waals surface area contributed by atoms with Gasteiger partial charge in [-0.05, 0) is 36.8 Å². The second-order valence-electron chi connectivity index (χ2n) is 5.81. The van der Waals surface area contributed by atoms with Gasteiger partial charge >= 0.3 is 5.97 Å². The molecule has 0 aliphatic carbocycles. The monoisotopic (exact) mass is 370 g/mol. The highest BCUT2D eigenvalue weighted by Gasteiger charge is 2.17. The number of hydrogen-bond acceptors (Lipinski definition) is 4. The van der Waals surface area contributed by atoms with Crippen LogP contribution in [0.25, 0.3) is 5.69 Å². The third-order valence-electron chi connectivity index (χ3n) is 3.94. The molecule has 0 saturated heterocycles. The van der Waals surface area contributed by atoms with Crippen molar-refractivity contribution in [2.45, 2.75) is 20.1 Å². The van der Waals surface area contributed by atoms with E-state index in [0.717, 1.165) is 16.9 Å². The van der Waals surface area contributed by atoms with Crippen molar-refractivity contribution < 1.29 is 14.3 Å². The van der Waals surface area contributed by atoms with Crippen molar-refractivity contribution in [3.8, 4) is 5.69 Å². The summed E-state index contributed by atoms with van der Waals surface area (Å²) in [5.74, 6) is -0.411. The molecule has 0 fully saturated rings. The molecule has 0 radical (unpaired) electrons. The van der Waals surface area contributed by atoms with Crippen molar-refractivity contribution in [1.29, 1.82) is 0 Å². The molecule has 3 aromatic rings. The molecule has 1 aromatic heterocycles. The number of halogens is 1.